The summed E-state index contributed by atoms with van der Waals surface area (Å²) in [6, 6.07) is 0.372. The van der Waals surface area contributed by atoms with Crippen LogP contribution in [0.4, 0.5) is 0 Å². The Morgan fingerprint density at radius 2 is 2.11 bits per heavy atom. The molecule has 0 aromatic carbocycles. The number of rotatable bonds is 4. The van der Waals surface area contributed by atoms with Crippen molar-refractivity contribution in [1.29, 1.82) is 0 Å². The summed E-state index contributed by atoms with van der Waals surface area (Å²) in [4.78, 5) is 13.9. The Bertz CT molecular complexity index is 393. The van der Waals surface area contributed by atoms with E-state index < -0.39 is 0 Å². The summed E-state index contributed by atoms with van der Waals surface area (Å²) in [7, 11) is 0. The highest BCUT2D eigenvalue weighted by atomic mass is 16.2. The van der Waals surface area contributed by atoms with Crippen LogP contribution in [0, 0.1) is 0 Å². The number of aromatic nitrogens is 3. The Morgan fingerprint density at radius 3 is 2.72 bits per heavy atom. The second-order valence-electron chi connectivity index (χ2n) is 4.54. The molecule has 0 saturated carbocycles. The molecule has 0 atom stereocenters. The summed E-state index contributed by atoms with van der Waals surface area (Å²) in [6.07, 6.45) is 3.88. The summed E-state index contributed by atoms with van der Waals surface area (Å²) >= 11 is 0. The van der Waals surface area contributed by atoms with Crippen molar-refractivity contribution < 1.29 is 4.79 Å². The van der Waals surface area contributed by atoms with E-state index in [9.17, 15) is 4.79 Å². The first-order chi connectivity index (χ1) is 8.76. The minimum Gasteiger partial charge on any atom is -0.338 e. The van der Waals surface area contributed by atoms with Gasteiger partial charge in [0.15, 0.2) is 5.69 Å². The number of nitrogens with zero attached hydrogens (tertiary/aromatic N) is 4. The molecule has 18 heavy (non-hydrogen) atoms. The van der Waals surface area contributed by atoms with E-state index in [1.165, 1.54) is 0 Å². The molecule has 1 aromatic heterocycles. The first-order valence-electron chi connectivity index (χ1n) is 6.68. The van der Waals surface area contributed by atoms with E-state index in [0.717, 1.165) is 25.9 Å². The summed E-state index contributed by atoms with van der Waals surface area (Å²) in [6.45, 7) is 7.36. The summed E-state index contributed by atoms with van der Waals surface area (Å²) < 4.78 is 1.84. The Kier molecular flexibility index (Phi) is 4.30. The van der Waals surface area contributed by atoms with Crippen LogP contribution < -0.4 is 5.32 Å². The maximum atomic E-state index is 12.1. The maximum Gasteiger partial charge on any atom is 0.276 e. The van der Waals surface area contributed by atoms with Gasteiger partial charge in [-0.15, -0.1) is 5.10 Å². The number of piperidine rings is 1. The third-order valence-corrected chi connectivity index (χ3v) is 3.46. The molecule has 1 aliphatic heterocycles. The minimum atomic E-state index is -0.0276. The van der Waals surface area contributed by atoms with E-state index in [2.05, 4.69) is 15.6 Å². The number of nitrogens with one attached hydrogen (secondary N) is 1. The number of hydrogen-bond acceptors (Lipinski definition) is 4. The molecule has 1 aromatic rings. The van der Waals surface area contributed by atoms with Gasteiger partial charge in [-0.1, -0.05) is 5.21 Å². The van der Waals surface area contributed by atoms with Crippen molar-refractivity contribution in [2.75, 3.05) is 26.2 Å². The normalized spacial score (nSPS) is 16.8. The molecule has 1 N–H and O–H groups in total. The standard InChI is InChI=1S/C12H21N5O/c1-3-16(4-2)12(18)11-9-17(15-14-11)10-5-7-13-8-6-10/h9-10,13H,3-8H2,1-2H3. The van der Waals surface area contributed by atoms with Crippen molar-refractivity contribution in [3.05, 3.63) is 11.9 Å². The SMILES string of the molecule is CCN(CC)C(=O)c1cn(C2CCNCC2)nn1. The minimum absolute atomic E-state index is 0.0276. The molecule has 1 saturated heterocycles. The highest BCUT2D eigenvalue weighted by Gasteiger charge is 2.20. The molecule has 0 radical (unpaired) electrons. The second kappa shape index (κ2) is 5.95. The van der Waals surface area contributed by atoms with Gasteiger partial charge in [0.05, 0.1) is 12.2 Å². The second-order valence-corrected chi connectivity index (χ2v) is 4.54. The first-order valence-corrected chi connectivity index (χ1v) is 6.68. The van der Waals surface area contributed by atoms with Crippen molar-refractivity contribution in [3.63, 3.8) is 0 Å². The number of carbonyl (C=O) groups excluding carboxylic acids is 1. The molecule has 0 unspecified atom stereocenters. The lowest BCUT2D eigenvalue weighted by molar-refractivity contribution is 0.0767. The fourth-order valence-corrected chi connectivity index (χ4v) is 2.30. The molecular formula is C12H21N5O. The smallest absolute Gasteiger partial charge is 0.276 e. The van der Waals surface area contributed by atoms with Gasteiger partial charge in [-0.25, -0.2) is 4.68 Å². The van der Waals surface area contributed by atoms with Crippen LogP contribution >= 0.6 is 0 Å². The van der Waals surface area contributed by atoms with Gasteiger partial charge in [0, 0.05) is 13.1 Å². The lowest BCUT2D eigenvalue weighted by Gasteiger charge is -2.22. The van der Waals surface area contributed by atoms with Crippen LogP contribution in [0.1, 0.15) is 43.2 Å². The zero-order chi connectivity index (χ0) is 13.0. The highest BCUT2D eigenvalue weighted by molar-refractivity contribution is 5.91. The Balaban J connectivity index is 2.07. The average Bonchev–Trinajstić information content (AvgIpc) is 2.90. The molecule has 6 heteroatoms. The zero-order valence-electron chi connectivity index (χ0n) is 11.1. The lowest BCUT2D eigenvalue weighted by atomic mass is 10.1. The summed E-state index contributed by atoms with van der Waals surface area (Å²) in [5, 5.41) is 11.4. The van der Waals surface area contributed by atoms with Crippen molar-refractivity contribution in [3.8, 4) is 0 Å². The highest BCUT2D eigenvalue weighted by Crippen LogP contribution is 2.17. The molecular weight excluding hydrogens is 230 g/mol. The fraction of sp³-hybridized carbons (Fsp3) is 0.750. The van der Waals surface area contributed by atoms with Crippen LogP contribution in [0.5, 0.6) is 0 Å². The van der Waals surface area contributed by atoms with E-state index in [4.69, 9.17) is 0 Å². The predicted octanol–water partition coefficient (Wildman–Crippen LogP) is 0.685. The summed E-state index contributed by atoms with van der Waals surface area (Å²) in [5.41, 5.74) is 0.456. The van der Waals surface area contributed by atoms with Gasteiger partial charge >= 0.3 is 0 Å². The van der Waals surface area contributed by atoms with Crippen LogP contribution in [-0.2, 0) is 0 Å². The predicted molar refractivity (Wildman–Crippen MR) is 68.4 cm³/mol. The average molecular weight is 251 g/mol. The van der Waals surface area contributed by atoms with E-state index >= 15 is 0 Å². The summed E-state index contributed by atoms with van der Waals surface area (Å²) in [5.74, 6) is -0.0276. The lowest BCUT2D eigenvalue weighted by Crippen LogP contribution is -2.31. The molecule has 100 valence electrons. The van der Waals surface area contributed by atoms with E-state index in [1.54, 1.807) is 11.1 Å². The largest absolute Gasteiger partial charge is 0.338 e. The molecule has 0 bridgehead atoms. The molecule has 6 nitrogen and oxygen atoms in total. The maximum absolute atomic E-state index is 12.1. The van der Waals surface area contributed by atoms with Gasteiger partial charge in [0.2, 0.25) is 0 Å². The van der Waals surface area contributed by atoms with Crippen molar-refractivity contribution in [2.24, 2.45) is 0 Å². The topological polar surface area (TPSA) is 63.1 Å². The fourth-order valence-electron chi connectivity index (χ4n) is 2.30. The zero-order valence-corrected chi connectivity index (χ0v) is 11.1. The van der Waals surface area contributed by atoms with E-state index in [1.807, 2.05) is 18.5 Å². The number of carbonyl (C=O) groups is 1. The van der Waals surface area contributed by atoms with Crippen LogP contribution in [0.2, 0.25) is 0 Å². The number of hydrogen-bond donors (Lipinski definition) is 1. The monoisotopic (exact) mass is 251 g/mol. The van der Waals surface area contributed by atoms with Crippen molar-refractivity contribution >= 4 is 5.91 Å². The Morgan fingerprint density at radius 1 is 1.44 bits per heavy atom. The van der Waals surface area contributed by atoms with Gasteiger partial charge in [0.1, 0.15) is 0 Å². The molecule has 0 spiro atoms. The first kappa shape index (κ1) is 13.0. The third-order valence-electron chi connectivity index (χ3n) is 3.46. The van der Waals surface area contributed by atoms with E-state index in [-0.39, 0.29) is 5.91 Å². The molecule has 1 amide bonds. The van der Waals surface area contributed by atoms with Crippen LogP contribution in [0.15, 0.2) is 6.20 Å². The van der Waals surface area contributed by atoms with Crippen molar-refractivity contribution in [2.45, 2.75) is 32.7 Å². The molecule has 0 aliphatic carbocycles. The van der Waals surface area contributed by atoms with Gasteiger partial charge in [-0.05, 0) is 39.8 Å². The van der Waals surface area contributed by atoms with Crippen LogP contribution in [0.25, 0.3) is 0 Å². The Labute approximate surface area is 107 Å². The van der Waals surface area contributed by atoms with Crippen LogP contribution in [0.3, 0.4) is 0 Å². The number of amides is 1. The molecule has 1 aliphatic rings. The quantitative estimate of drug-likeness (QED) is 0.855. The molecule has 2 heterocycles. The molecule has 1 fully saturated rings. The van der Waals surface area contributed by atoms with Crippen LogP contribution in [-0.4, -0.2) is 52.0 Å². The van der Waals surface area contributed by atoms with E-state index in [0.29, 0.717) is 24.8 Å². The third kappa shape index (κ3) is 2.69. The molecule has 2 rings (SSSR count). The Hall–Kier alpha value is -1.43. The van der Waals surface area contributed by atoms with Gasteiger partial charge in [0.25, 0.3) is 5.91 Å². The van der Waals surface area contributed by atoms with Gasteiger partial charge in [-0.2, -0.15) is 0 Å². The van der Waals surface area contributed by atoms with Crippen molar-refractivity contribution in [1.82, 2.24) is 25.2 Å². The van der Waals surface area contributed by atoms with Gasteiger partial charge < -0.3 is 10.2 Å². The van der Waals surface area contributed by atoms with Gasteiger partial charge in [-0.3, -0.25) is 4.79 Å².